The number of benzene rings is 2. The molecule has 6 heteroatoms. The summed E-state index contributed by atoms with van der Waals surface area (Å²) in [6, 6.07) is 13.7. The van der Waals surface area contributed by atoms with Crippen LogP contribution in [0.3, 0.4) is 0 Å². The molecular weight excluding hydrogens is 359 g/mol. The van der Waals surface area contributed by atoms with Crippen LogP contribution in [0.15, 0.2) is 54.7 Å². The summed E-state index contributed by atoms with van der Waals surface area (Å²) in [7, 11) is 0. The Balaban J connectivity index is 1.41. The fraction of sp³-hybridized carbons (Fsp3) is 0.273. The zero-order valence-corrected chi connectivity index (χ0v) is 15.4. The van der Waals surface area contributed by atoms with Crippen LogP contribution in [0.5, 0.6) is 11.5 Å². The number of ether oxygens (including phenoxy) is 2. The molecule has 1 N–H and O–H groups in total. The third kappa shape index (κ3) is 4.06. The van der Waals surface area contributed by atoms with E-state index in [9.17, 15) is 9.18 Å². The number of amides is 1. The Morgan fingerprint density at radius 3 is 2.75 bits per heavy atom. The molecule has 0 radical (unpaired) electrons. The summed E-state index contributed by atoms with van der Waals surface area (Å²) >= 11 is 0. The smallest absolute Gasteiger partial charge is 0.261 e. The van der Waals surface area contributed by atoms with Gasteiger partial charge in [0.05, 0.1) is 5.52 Å². The SMILES string of the molecule is O=C1NCCCC[C@@H]1Oc1ccc(OCc2ccc(F)c3cccnc23)cc1. The lowest BCUT2D eigenvalue weighted by Crippen LogP contribution is -2.36. The minimum Gasteiger partial charge on any atom is -0.489 e. The maximum Gasteiger partial charge on any atom is 0.261 e. The molecule has 144 valence electrons. The number of carbonyl (C=O) groups is 1. The van der Waals surface area contributed by atoms with Gasteiger partial charge in [-0.3, -0.25) is 9.78 Å². The second kappa shape index (κ2) is 8.25. The number of nitrogens with one attached hydrogen (secondary N) is 1. The standard InChI is InChI=1S/C22H21FN2O3/c23-19-11-6-15(21-18(19)4-3-13-24-21)14-27-16-7-9-17(10-8-16)28-20-5-1-2-12-25-22(20)26/h3-4,6-11,13,20H,1-2,5,12,14H2,(H,25,26)/t20-/m0/s1. The Bertz CT molecular complexity index is 975. The van der Waals surface area contributed by atoms with Gasteiger partial charge in [0.2, 0.25) is 0 Å². The largest absolute Gasteiger partial charge is 0.489 e. The van der Waals surface area contributed by atoms with E-state index in [1.807, 2.05) is 0 Å². The van der Waals surface area contributed by atoms with E-state index in [-0.39, 0.29) is 18.3 Å². The van der Waals surface area contributed by atoms with Gasteiger partial charge in [-0.15, -0.1) is 0 Å². The second-order valence-corrected chi connectivity index (χ2v) is 6.76. The molecule has 4 rings (SSSR count). The minimum atomic E-state index is -0.453. The molecule has 0 bridgehead atoms. The van der Waals surface area contributed by atoms with Gasteiger partial charge in [-0.2, -0.15) is 0 Å². The highest BCUT2D eigenvalue weighted by atomic mass is 19.1. The predicted molar refractivity (Wildman–Crippen MR) is 104 cm³/mol. The molecular formula is C22H21FN2O3. The highest BCUT2D eigenvalue weighted by Gasteiger charge is 2.22. The van der Waals surface area contributed by atoms with Crippen molar-refractivity contribution in [3.05, 3.63) is 66.1 Å². The van der Waals surface area contributed by atoms with E-state index in [1.165, 1.54) is 6.07 Å². The van der Waals surface area contributed by atoms with Gasteiger partial charge in [-0.05, 0) is 61.7 Å². The number of aromatic nitrogens is 1. The molecule has 1 fully saturated rings. The quantitative estimate of drug-likeness (QED) is 0.727. The van der Waals surface area contributed by atoms with E-state index in [2.05, 4.69) is 10.3 Å². The number of hydrogen-bond acceptors (Lipinski definition) is 4. The first-order valence-corrected chi connectivity index (χ1v) is 9.40. The molecule has 1 atom stereocenters. The predicted octanol–water partition coefficient (Wildman–Crippen LogP) is 4.00. The Labute approximate surface area is 162 Å². The van der Waals surface area contributed by atoms with Gasteiger partial charge in [-0.1, -0.05) is 6.07 Å². The first kappa shape index (κ1) is 18.2. The number of rotatable bonds is 5. The molecule has 1 amide bonds. The van der Waals surface area contributed by atoms with E-state index < -0.39 is 6.10 Å². The van der Waals surface area contributed by atoms with Crippen LogP contribution in [-0.4, -0.2) is 23.5 Å². The van der Waals surface area contributed by atoms with Crippen molar-refractivity contribution >= 4 is 16.8 Å². The van der Waals surface area contributed by atoms with Crippen LogP contribution in [0.2, 0.25) is 0 Å². The van der Waals surface area contributed by atoms with Crippen LogP contribution in [-0.2, 0) is 11.4 Å². The van der Waals surface area contributed by atoms with Gasteiger partial charge in [0.15, 0.2) is 6.10 Å². The van der Waals surface area contributed by atoms with Crippen molar-refractivity contribution in [2.24, 2.45) is 0 Å². The third-order valence-electron chi connectivity index (χ3n) is 4.78. The summed E-state index contributed by atoms with van der Waals surface area (Å²) in [5.74, 6) is 0.929. The topological polar surface area (TPSA) is 60.5 Å². The lowest BCUT2D eigenvalue weighted by Gasteiger charge is -2.16. The molecule has 1 saturated heterocycles. The third-order valence-corrected chi connectivity index (χ3v) is 4.78. The molecule has 1 aliphatic heterocycles. The summed E-state index contributed by atoms with van der Waals surface area (Å²) in [6.45, 7) is 0.984. The maximum atomic E-state index is 13.9. The molecule has 1 aliphatic rings. The normalized spacial score (nSPS) is 17.0. The number of fused-ring (bicyclic) bond motifs is 1. The van der Waals surface area contributed by atoms with Crippen molar-refractivity contribution in [3.8, 4) is 11.5 Å². The Morgan fingerprint density at radius 2 is 1.89 bits per heavy atom. The zero-order chi connectivity index (χ0) is 19.3. The number of halogens is 1. The second-order valence-electron chi connectivity index (χ2n) is 6.76. The maximum absolute atomic E-state index is 13.9. The Hall–Kier alpha value is -3.15. The van der Waals surface area contributed by atoms with E-state index in [1.54, 1.807) is 48.7 Å². The molecule has 0 saturated carbocycles. The van der Waals surface area contributed by atoms with Crippen molar-refractivity contribution in [2.75, 3.05) is 6.54 Å². The Kier molecular flexibility index (Phi) is 5.37. The average Bonchev–Trinajstić information content (AvgIpc) is 2.93. The van der Waals surface area contributed by atoms with E-state index in [4.69, 9.17) is 9.47 Å². The molecule has 2 aromatic carbocycles. The average molecular weight is 380 g/mol. The van der Waals surface area contributed by atoms with Gasteiger partial charge in [0.1, 0.15) is 23.9 Å². The molecule has 0 aliphatic carbocycles. The van der Waals surface area contributed by atoms with Gasteiger partial charge < -0.3 is 14.8 Å². The van der Waals surface area contributed by atoms with Crippen molar-refractivity contribution in [1.82, 2.24) is 10.3 Å². The lowest BCUT2D eigenvalue weighted by molar-refractivity contribution is -0.127. The van der Waals surface area contributed by atoms with Crippen LogP contribution in [0.1, 0.15) is 24.8 Å². The number of pyridine rings is 1. The number of nitrogens with zero attached hydrogens (tertiary/aromatic N) is 1. The van der Waals surface area contributed by atoms with Gasteiger partial charge in [-0.25, -0.2) is 4.39 Å². The van der Waals surface area contributed by atoms with Crippen LogP contribution < -0.4 is 14.8 Å². The first-order chi connectivity index (χ1) is 13.7. The van der Waals surface area contributed by atoms with Crippen molar-refractivity contribution in [1.29, 1.82) is 0 Å². The van der Waals surface area contributed by atoms with Crippen LogP contribution in [0, 0.1) is 5.82 Å². The van der Waals surface area contributed by atoms with Gasteiger partial charge in [0, 0.05) is 23.7 Å². The van der Waals surface area contributed by atoms with E-state index in [0.717, 1.165) is 18.4 Å². The molecule has 3 aromatic rings. The minimum absolute atomic E-state index is 0.0616. The summed E-state index contributed by atoms with van der Waals surface area (Å²) in [4.78, 5) is 16.3. The van der Waals surface area contributed by atoms with Gasteiger partial charge >= 0.3 is 0 Å². The fourth-order valence-electron chi connectivity index (χ4n) is 3.28. The fourth-order valence-corrected chi connectivity index (χ4v) is 3.28. The van der Waals surface area contributed by atoms with E-state index >= 15 is 0 Å². The van der Waals surface area contributed by atoms with Crippen molar-refractivity contribution < 1.29 is 18.7 Å². The highest BCUT2D eigenvalue weighted by molar-refractivity contribution is 5.82. The molecule has 28 heavy (non-hydrogen) atoms. The molecule has 0 unspecified atom stereocenters. The van der Waals surface area contributed by atoms with Crippen LogP contribution >= 0.6 is 0 Å². The first-order valence-electron chi connectivity index (χ1n) is 9.40. The summed E-state index contributed by atoms with van der Waals surface area (Å²) in [5, 5.41) is 3.34. The number of carbonyl (C=O) groups excluding carboxylic acids is 1. The molecule has 2 heterocycles. The van der Waals surface area contributed by atoms with Crippen LogP contribution in [0.25, 0.3) is 10.9 Å². The summed E-state index contributed by atoms with van der Waals surface area (Å²) < 4.78 is 25.5. The lowest BCUT2D eigenvalue weighted by atomic mass is 10.1. The van der Waals surface area contributed by atoms with Crippen molar-refractivity contribution in [2.45, 2.75) is 32.0 Å². The van der Waals surface area contributed by atoms with E-state index in [0.29, 0.717) is 35.4 Å². The summed E-state index contributed by atoms with van der Waals surface area (Å²) in [6.07, 6.45) is 3.84. The molecule has 0 spiro atoms. The highest BCUT2D eigenvalue weighted by Crippen LogP contribution is 2.24. The van der Waals surface area contributed by atoms with Gasteiger partial charge in [0.25, 0.3) is 5.91 Å². The van der Waals surface area contributed by atoms with Crippen LogP contribution in [0.4, 0.5) is 4.39 Å². The molecule has 1 aromatic heterocycles. The number of hydrogen-bond donors (Lipinski definition) is 1. The van der Waals surface area contributed by atoms with Crippen molar-refractivity contribution in [3.63, 3.8) is 0 Å². The monoisotopic (exact) mass is 380 g/mol. The zero-order valence-electron chi connectivity index (χ0n) is 15.4. The summed E-state index contributed by atoms with van der Waals surface area (Å²) in [5.41, 5.74) is 1.41. The Morgan fingerprint density at radius 1 is 1.07 bits per heavy atom. The molecule has 5 nitrogen and oxygen atoms in total.